The molecule has 0 aliphatic carbocycles. The Hall–Kier alpha value is -1.60. The summed E-state index contributed by atoms with van der Waals surface area (Å²) in [5.74, 6) is -1.27. The smallest absolute Gasteiger partial charge is 0.417 e. The minimum atomic E-state index is -4.47. The molecule has 0 radical (unpaired) electrons. The van der Waals surface area contributed by atoms with E-state index in [2.05, 4.69) is 0 Å². The highest BCUT2D eigenvalue weighted by atomic mass is 32.1. The summed E-state index contributed by atoms with van der Waals surface area (Å²) < 4.78 is 38.6. The van der Waals surface area contributed by atoms with Crippen LogP contribution in [0.15, 0.2) is 24.3 Å². The van der Waals surface area contributed by atoms with Gasteiger partial charge in [0.2, 0.25) is 0 Å². The fourth-order valence-corrected chi connectivity index (χ4v) is 2.69. The van der Waals surface area contributed by atoms with E-state index >= 15 is 0 Å². The highest BCUT2D eigenvalue weighted by Gasteiger charge is 2.33. The Kier molecular flexibility index (Phi) is 3.04. The molecule has 0 bridgehead atoms. The lowest BCUT2D eigenvalue weighted by Gasteiger charge is -2.07. The van der Waals surface area contributed by atoms with E-state index in [0.717, 1.165) is 17.4 Å². The van der Waals surface area contributed by atoms with Crippen molar-refractivity contribution in [1.29, 1.82) is 0 Å². The molecule has 0 saturated carbocycles. The third kappa shape index (κ3) is 2.19. The molecule has 1 atom stereocenters. The molecule has 1 unspecified atom stereocenters. The normalized spacial score (nSPS) is 13.8. The van der Waals surface area contributed by atoms with Gasteiger partial charge in [0.15, 0.2) is 0 Å². The molecule has 1 aromatic carbocycles. The van der Waals surface area contributed by atoms with Gasteiger partial charge in [-0.2, -0.15) is 13.2 Å². The first kappa shape index (κ1) is 12.8. The van der Waals surface area contributed by atoms with Crippen molar-refractivity contribution >= 4 is 27.4 Å². The van der Waals surface area contributed by atoms with Gasteiger partial charge >= 0.3 is 12.1 Å². The maximum Gasteiger partial charge on any atom is 0.417 e. The Bertz CT molecular complexity index is 606. The van der Waals surface area contributed by atoms with E-state index in [1.165, 1.54) is 18.2 Å². The lowest BCUT2D eigenvalue weighted by Crippen LogP contribution is -2.19. The van der Waals surface area contributed by atoms with Crippen LogP contribution in [0, 0.1) is 0 Å². The summed E-state index contributed by atoms with van der Waals surface area (Å²) in [4.78, 5) is 10.9. The minimum Gasteiger partial charge on any atom is -0.480 e. The second-order valence-electron chi connectivity index (χ2n) is 3.68. The Labute approximate surface area is 104 Å². The number of hydrogen-bond donors (Lipinski definition) is 2. The molecule has 1 heterocycles. The molecule has 3 N–H and O–H groups in total. The quantitative estimate of drug-likeness (QED) is 0.885. The van der Waals surface area contributed by atoms with E-state index < -0.39 is 23.8 Å². The Morgan fingerprint density at radius 1 is 1.39 bits per heavy atom. The number of fused-ring (bicyclic) bond motifs is 1. The first-order valence-corrected chi connectivity index (χ1v) is 5.70. The number of benzene rings is 1. The fraction of sp³-hybridized carbons (Fsp3) is 0.182. The average Bonchev–Trinajstić information content (AvgIpc) is 2.69. The van der Waals surface area contributed by atoms with Gasteiger partial charge in [-0.15, -0.1) is 11.3 Å². The lowest BCUT2D eigenvalue weighted by molar-refractivity contribution is -0.138. The fourth-order valence-electron chi connectivity index (χ4n) is 1.60. The number of nitrogens with two attached hydrogens (primary N) is 1. The molecule has 0 spiro atoms. The van der Waals surface area contributed by atoms with E-state index in [-0.39, 0.29) is 10.3 Å². The van der Waals surface area contributed by atoms with Crippen LogP contribution in [0.2, 0.25) is 0 Å². The van der Waals surface area contributed by atoms with Crippen molar-refractivity contribution in [2.24, 2.45) is 5.73 Å². The monoisotopic (exact) mass is 275 g/mol. The zero-order chi connectivity index (χ0) is 13.5. The van der Waals surface area contributed by atoms with Gasteiger partial charge in [0.25, 0.3) is 0 Å². The number of rotatable bonds is 2. The molecular weight excluding hydrogens is 267 g/mol. The SMILES string of the molecule is NC(C(=O)O)c1cc2c(C(F)(F)F)cccc2s1. The number of thiophene rings is 1. The van der Waals surface area contributed by atoms with E-state index in [4.69, 9.17) is 10.8 Å². The minimum absolute atomic E-state index is 0.0123. The van der Waals surface area contributed by atoms with E-state index in [1.807, 2.05) is 0 Å². The van der Waals surface area contributed by atoms with Crippen molar-refractivity contribution in [2.45, 2.75) is 12.2 Å². The van der Waals surface area contributed by atoms with Gasteiger partial charge in [-0.05, 0) is 18.2 Å². The van der Waals surface area contributed by atoms with Crippen molar-refractivity contribution in [2.75, 3.05) is 0 Å². The summed E-state index contributed by atoms with van der Waals surface area (Å²) in [7, 11) is 0. The largest absolute Gasteiger partial charge is 0.480 e. The van der Waals surface area contributed by atoms with Crippen LogP contribution in [0.1, 0.15) is 16.5 Å². The Morgan fingerprint density at radius 2 is 2.06 bits per heavy atom. The Balaban J connectivity index is 2.62. The third-order valence-corrected chi connectivity index (χ3v) is 3.64. The summed E-state index contributed by atoms with van der Waals surface area (Å²) in [5.41, 5.74) is 4.61. The molecule has 0 amide bonds. The molecule has 0 fully saturated rings. The van der Waals surface area contributed by atoms with Gasteiger partial charge in [0.05, 0.1) is 5.56 Å². The zero-order valence-corrected chi connectivity index (χ0v) is 9.68. The van der Waals surface area contributed by atoms with Crippen molar-refractivity contribution < 1.29 is 23.1 Å². The summed E-state index contributed by atoms with van der Waals surface area (Å²) in [6.07, 6.45) is -4.47. The topological polar surface area (TPSA) is 63.3 Å². The molecule has 0 aliphatic rings. The van der Waals surface area contributed by atoms with Crippen LogP contribution in [-0.2, 0) is 11.0 Å². The standard InChI is InChI=1S/C11H8F3NO2S/c12-11(13,14)6-2-1-3-7-5(6)4-8(18-7)9(15)10(16)17/h1-4,9H,15H2,(H,16,17). The van der Waals surface area contributed by atoms with Crippen LogP contribution in [-0.4, -0.2) is 11.1 Å². The molecule has 2 aromatic rings. The van der Waals surface area contributed by atoms with Gasteiger partial charge < -0.3 is 10.8 Å². The van der Waals surface area contributed by atoms with Crippen LogP contribution in [0.5, 0.6) is 0 Å². The summed E-state index contributed by atoms with van der Waals surface area (Å²) >= 11 is 0.958. The summed E-state index contributed by atoms with van der Waals surface area (Å²) in [6.45, 7) is 0. The molecule has 3 nitrogen and oxygen atoms in total. The van der Waals surface area contributed by atoms with E-state index in [0.29, 0.717) is 4.70 Å². The van der Waals surface area contributed by atoms with Gasteiger partial charge in [-0.25, -0.2) is 0 Å². The molecule has 1 aromatic heterocycles. The van der Waals surface area contributed by atoms with Crippen molar-refractivity contribution in [1.82, 2.24) is 0 Å². The highest BCUT2D eigenvalue weighted by molar-refractivity contribution is 7.19. The van der Waals surface area contributed by atoms with E-state index in [1.54, 1.807) is 0 Å². The van der Waals surface area contributed by atoms with Gasteiger partial charge in [-0.3, -0.25) is 4.79 Å². The van der Waals surface area contributed by atoms with E-state index in [9.17, 15) is 18.0 Å². The van der Waals surface area contributed by atoms with Crippen LogP contribution in [0.3, 0.4) is 0 Å². The average molecular weight is 275 g/mol. The molecule has 96 valence electrons. The summed E-state index contributed by atoms with van der Waals surface area (Å²) in [5, 5.41) is 8.74. The van der Waals surface area contributed by atoms with Crippen LogP contribution >= 0.6 is 11.3 Å². The maximum absolute atomic E-state index is 12.7. The third-order valence-electron chi connectivity index (χ3n) is 2.46. The molecule has 2 rings (SSSR count). The number of halogens is 3. The second kappa shape index (κ2) is 4.25. The Morgan fingerprint density at radius 3 is 2.61 bits per heavy atom. The second-order valence-corrected chi connectivity index (χ2v) is 4.80. The number of carboxylic acids is 1. The highest BCUT2D eigenvalue weighted by Crippen LogP contribution is 2.39. The van der Waals surface area contributed by atoms with Crippen molar-refractivity contribution in [3.63, 3.8) is 0 Å². The number of alkyl halides is 3. The number of carboxylic acid groups (broad SMARTS) is 1. The number of aliphatic carboxylic acids is 1. The first-order valence-electron chi connectivity index (χ1n) is 4.88. The molecule has 0 saturated heterocycles. The maximum atomic E-state index is 12.7. The first-order chi connectivity index (χ1) is 8.30. The van der Waals surface area contributed by atoms with Crippen LogP contribution in [0.4, 0.5) is 13.2 Å². The predicted molar refractivity (Wildman–Crippen MR) is 61.4 cm³/mol. The molecule has 7 heteroatoms. The summed E-state index contributed by atoms with van der Waals surface area (Å²) in [6, 6.07) is 3.65. The molecular formula is C11H8F3NO2S. The number of hydrogen-bond acceptors (Lipinski definition) is 3. The van der Waals surface area contributed by atoms with Gasteiger partial charge in [0, 0.05) is 15.0 Å². The zero-order valence-electron chi connectivity index (χ0n) is 8.86. The van der Waals surface area contributed by atoms with Crippen LogP contribution in [0.25, 0.3) is 10.1 Å². The van der Waals surface area contributed by atoms with Gasteiger partial charge in [-0.1, -0.05) is 6.07 Å². The van der Waals surface area contributed by atoms with Crippen LogP contribution < -0.4 is 5.73 Å². The lowest BCUT2D eigenvalue weighted by atomic mass is 10.1. The molecule has 18 heavy (non-hydrogen) atoms. The van der Waals surface area contributed by atoms with Gasteiger partial charge in [0.1, 0.15) is 6.04 Å². The molecule has 0 aliphatic heterocycles. The number of carbonyl (C=O) groups is 1. The predicted octanol–water partition coefficient (Wildman–Crippen LogP) is 3.00. The van der Waals surface area contributed by atoms with Crippen molar-refractivity contribution in [3.8, 4) is 0 Å². The van der Waals surface area contributed by atoms with Crippen molar-refractivity contribution in [3.05, 3.63) is 34.7 Å².